The minimum Gasteiger partial charge on any atom is -0.472 e. The standard InChI is InChI=1S/C38H48N4O8S/c1-7-25-21-38(25,35(46)41-51(47,48)27-13-14-27)40-32(44)30-19-26-22-42(30)34(45)29(36(2,3)4)20-31(43)50-37(5,6)16-9-8-10-23-11-12-24-15-17-39-33(49-26)28(24)18-23/h7-8,10-12,15,17-18,25-27,29-30H,1,9,13-14,16,19-22H2,2-6H3,(H,40,44)(H,41,46)/b10-8+/t25-,26+,29+,30-,38+/m0/s1. The normalized spacial score (nSPS) is 28.9. The Kier molecular flexibility index (Phi) is 9.58. The van der Waals surface area contributed by atoms with E-state index in [1.165, 1.54) is 11.0 Å². The Labute approximate surface area is 299 Å². The number of carbonyl (C=O) groups excluding carboxylic acids is 4. The van der Waals surface area contributed by atoms with Crippen LogP contribution in [0.5, 0.6) is 5.88 Å². The van der Waals surface area contributed by atoms with Gasteiger partial charge in [0.1, 0.15) is 23.3 Å². The summed E-state index contributed by atoms with van der Waals surface area (Å²) >= 11 is 0. The maximum absolute atomic E-state index is 14.6. The number of sulfonamides is 1. The Morgan fingerprint density at radius 1 is 1.14 bits per heavy atom. The fraction of sp³-hybridized carbons (Fsp3) is 0.553. The van der Waals surface area contributed by atoms with Crippen LogP contribution in [0.4, 0.5) is 0 Å². The van der Waals surface area contributed by atoms with Crippen LogP contribution >= 0.6 is 0 Å². The number of pyridine rings is 1. The van der Waals surface area contributed by atoms with Gasteiger partial charge in [-0.25, -0.2) is 13.4 Å². The van der Waals surface area contributed by atoms with Gasteiger partial charge < -0.3 is 19.7 Å². The second-order valence-electron chi connectivity index (χ2n) is 16.1. The highest BCUT2D eigenvalue weighted by Gasteiger charge is 2.62. The van der Waals surface area contributed by atoms with E-state index in [0.29, 0.717) is 31.6 Å². The molecule has 0 radical (unpaired) electrons. The summed E-state index contributed by atoms with van der Waals surface area (Å²) in [5.74, 6) is -3.39. The van der Waals surface area contributed by atoms with Crippen molar-refractivity contribution in [2.24, 2.45) is 17.3 Å². The molecule has 1 saturated heterocycles. The number of carbonyl (C=O) groups is 4. The van der Waals surface area contributed by atoms with Gasteiger partial charge in [-0.1, -0.05) is 51.1 Å². The molecule has 51 heavy (non-hydrogen) atoms. The molecule has 0 unspecified atom stereocenters. The number of rotatable bonds is 6. The van der Waals surface area contributed by atoms with Crippen molar-refractivity contribution in [3.05, 3.63) is 54.8 Å². The largest absolute Gasteiger partial charge is 0.472 e. The first kappa shape index (κ1) is 36.5. The minimum absolute atomic E-state index is 0.0157. The monoisotopic (exact) mass is 720 g/mol. The molecule has 3 amide bonds. The van der Waals surface area contributed by atoms with Gasteiger partial charge in [-0.3, -0.25) is 23.9 Å². The fourth-order valence-corrected chi connectivity index (χ4v) is 8.45. The van der Waals surface area contributed by atoms with E-state index in [2.05, 4.69) is 21.6 Å². The van der Waals surface area contributed by atoms with E-state index in [0.717, 1.165) is 16.3 Å². The van der Waals surface area contributed by atoms with Crippen molar-refractivity contribution in [2.75, 3.05) is 6.54 Å². The molecule has 3 heterocycles. The number of benzene rings is 1. The highest BCUT2D eigenvalue weighted by atomic mass is 32.2. The molecule has 13 heteroatoms. The Morgan fingerprint density at radius 2 is 1.88 bits per heavy atom. The molecule has 6 rings (SSSR count). The average molecular weight is 721 g/mol. The number of nitrogens with one attached hydrogen (secondary N) is 2. The zero-order valence-electron chi connectivity index (χ0n) is 29.9. The van der Waals surface area contributed by atoms with Crippen molar-refractivity contribution in [1.82, 2.24) is 19.9 Å². The molecule has 2 saturated carbocycles. The van der Waals surface area contributed by atoms with Gasteiger partial charge >= 0.3 is 5.97 Å². The molecule has 2 aliphatic heterocycles. The number of hydrogen-bond donors (Lipinski definition) is 2. The van der Waals surface area contributed by atoms with Crippen molar-refractivity contribution in [3.8, 4) is 5.88 Å². The van der Waals surface area contributed by atoms with Crippen molar-refractivity contribution < 1.29 is 37.1 Å². The molecule has 1 aromatic heterocycles. The molecular weight excluding hydrogens is 673 g/mol. The first-order valence-electron chi connectivity index (χ1n) is 17.7. The lowest BCUT2D eigenvalue weighted by Gasteiger charge is -2.35. The molecule has 12 nitrogen and oxygen atoms in total. The number of esters is 1. The van der Waals surface area contributed by atoms with Gasteiger partial charge in [-0.2, -0.15) is 0 Å². The molecule has 4 aliphatic rings. The Bertz CT molecular complexity index is 1900. The van der Waals surface area contributed by atoms with Gasteiger partial charge in [0.2, 0.25) is 27.7 Å². The van der Waals surface area contributed by atoms with Crippen molar-refractivity contribution in [1.29, 1.82) is 0 Å². The van der Waals surface area contributed by atoms with Crippen molar-refractivity contribution in [2.45, 2.75) is 108 Å². The van der Waals surface area contributed by atoms with Crippen LogP contribution in [0.2, 0.25) is 0 Å². The van der Waals surface area contributed by atoms with Crippen LogP contribution in [-0.4, -0.2) is 77.1 Å². The number of allylic oxidation sites excluding steroid dienone is 1. The number of cyclic esters (lactones) is 1. The van der Waals surface area contributed by atoms with Gasteiger partial charge in [0.05, 0.1) is 24.1 Å². The SMILES string of the molecule is C=C[C@H]1C[C@]1(NC(=O)[C@@H]1C[C@@H]2CN1C(=O)[C@H](C(C)(C)C)CC(=O)OC(C)(C)CC/C=C/c1ccc3ccnc(c3c1)O2)C(=O)NS(=O)(=O)C1CC1. The average Bonchev–Trinajstić information content (AvgIpc) is 3.97. The van der Waals surface area contributed by atoms with E-state index in [-0.39, 0.29) is 25.8 Å². The topological polar surface area (TPSA) is 161 Å². The van der Waals surface area contributed by atoms with Crippen LogP contribution in [0.3, 0.4) is 0 Å². The molecule has 4 bridgehead atoms. The predicted octanol–water partition coefficient (Wildman–Crippen LogP) is 4.43. The van der Waals surface area contributed by atoms with Crippen LogP contribution in [-0.2, 0) is 33.9 Å². The van der Waals surface area contributed by atoms with E-state index in [9.17, 15) is 27.6 Å². The fourth-order valence-electron chi connectivity index (χ4n) is 7.09. The lowest BCUT2D eigenvalue weighted by molar-refractivity contribution is -0.162. The number of hydrogen-bond acceptors (Lipinski definition) is 9. The maximum atomic E-state index is 14.6. The number of nitrogens with zero attached hydrogens (tertiary/aromatic N) is 2. The summed E-state index contributed by atoms with van der Waals surface area (Å²) in [5.41, 5.74) is -2.08. The van der Waals surface area contributed by atoms with Crippen molar-refractivity contribution in [3.63, 3.8) is 0 Å². The van der Waals surface area contributed by atoms with Crippen LogP contribution in [0.15, 0.2) is 49.2 Å². The van der Waals surface area contributed by atoms with E-state index >= 15 is 0 Å². The van der Waals surface area contributed by atoms with E-state index in [1.807, 2.05) is 71.0 Å². The van der Waals surface area contributed by atoms with E-state index < -0.39 is 79.5 Å². The number of aromatic nitrogens is 1. The molecule has 2 aromatic rings. The second kappa shape index (κ2) is 13.4. The summed E-state index contributed by atoms with van der Waals surface area (Å²) in [6.07, 6.45) is 8.71. The summed E-state index contributed by atoms with van der Waals surface area (Å²) in [6, 6.07) is 6.73. The number of fused-ring (bicyclic) bond motifs is 3. The summed E-state index contributed by atoms with van der Waals surface area (Å²) in [6.45, 7) is 13.1. The Hall–Kier alpha value is -4.26. The second-order valence-corrected chi connectivity index (χ2v) is 18.0. The highest BCUT2D eigenvalue weighted by Crippen LogP contribution is 2.46. The predicted molar refractivity (Wildman–Crippen MR) is 192 cm³/mol. The molecule has 274 valence electrons. The van der Waals surface area contributed by atoms with Crippen LogP contribution in [0.25, 0.3) is 16.8 Å². The maximum Gasteiger partial charge on any atom is 0.307 e. The van der Waals surface area contributed by atoms with E-state index in [4.69, 9.17) is 9.47 Å². The van der Waals surface area contributed by atoms with Crippen LogP contribution in [0, 0.1) is 17.3 Å². The molecule has 2 aliphatic carbocycles. The minimum atomic E-state index is -3.88. The number of amides is 3. The zero-order chi connectivity index (χ0) is 36.9. The molecule has 1 aromatic carbocycles. The third-order valence-corrected chi connectivity index (χ3v) is 12.3. The van der Waals surface area contributed by atoms with Gasteiger partial charge in [0.15, 0.2) is 0 Å². The third kappa shape index (κ3) is 7.83. The van der Waals surface area contributed by atoms with Crippen LogP contribution in [0.1, 0.15) is 85.1 Å². The molecule has 3 fully saturated rings. The Morgan fingerprint density at radius 3 is 2.55 bits per heavy atom. The summed E-state index contributed by atoms with van der Waals surface area (Å²) in [7, 11) is -3.88. The first-order chi connectivity index (χ1) is 23.9. The Balaban J connectivity index is 1.35. The smallest absolute Gasteiger partial charge is 0.307 e. The molecular formula is C38H48N4O8S. The zero-order valence-corrected chi connectivity index (χ0v) is 30.8. The lowest BCUT2D eigenvalue weighted by Crippen LogP contribution is -2.57. The molecule has 0 spiro atoms. The summed E-state index contributed by atoms with van der Waals surface area (Å²) in [4.78, 5) is 61.7. The van der Waals surface area contributed by atoms with Crippen molar-refractivity contribution >= 4 is 50.6 Å². The van der Waals surface area contributed by atoms with Gasteiger partial charge in [0, 0.05) is 23.9 Å². The lowest BCUT2D eigenvalue weighted by atomic mass is 9.77. The molecule has 2 N–H and O–H groups in total. The van der Waals surface area contributed by atoms with Gasteiger partial charge in [0.25, 0.3) is 5.91 Å². The first-order valence-corrected chi connectivity index (χ1v) is 19.2. The summed E-state index contributed by atoms with van der Waals surface area (Å²) in [5, 5.41) is 3.87. The highest BCUT2D eigenvalue weighted by molar-refractivity contribution is 7.91. The quantitative estimate of drug-likeness (QED) is 0.325. The van der Waals surface area contributed by atoms with Gasteiger partial charge in [-0.15, -0.1) is 6.58 Å². The molecule has 5 atom stereocenters. The summed E-state index contributed by atoms with van der Waals surface area (Å²) < 4.78 is 39.9. The van der Waals surface area contributed by atoms with E-state index in [1.54, 1.807) is 6.20 Å². The third-order valence-electron chi connectivity index (χ3n) is 10.5. The number of ether oxygens (including phenoxy) is 2. The van der Waals surface area contributed by atoms with Crippen LogP contribution < -0.4 is 14.8 Å². The van der Waals surface area contributed by atoms with Gasteiger partial charge in [-0.05, 0) is 74.4 Å².